The second kappa shape index (κ2) is 6.30. The van der Waals surface area contributed by atoms with Crippen molar-refractivity contribution < 1.29 is 8.42 Å². The molecule has 5 nitrogen and oxygen atoms in total. The molecule has 19 heavy (non-hydrogen) atoms. The molecule has 1 saturated heterocycles. The van der Waals surface area contributed by atoms with E-state index in [1.54, 1.807) is 6.20 Å². The highest BCUT2D eigenvalue weighted by atomic mass is 79.9. The molecule has 2 rings (SSSR count). The molecule has 1 aliphatic heterocycles. The molecule has 1 unspecified atom stereocenters. The monoisotopic (exact) mass is 347 g/mol. The maximum absolute atomic E-state index is 11.5. The summed E-state index contributed by atoms with van der Waals surface area (Å²) in [6, 6.07) is 2.33. The first-order valence-corrected chi connectivity index (χ1v) is 8.72. The quantitative estimate of drug-likeness (QED) is 0.877. The van der Waals surface area contributed by atoms with Crippen LogP contribution in [0.3, 0.4) is 0 Å². The van der Waals surface area contributed by atoms with E-state index in [4.69, 9.17) is 0 Å². The lowest BCUT2D eigenvalue weighted by Gasteiger charge is -2.24. The summed E-state index contributed by atoms with van der Waals surface area (Å²) in [7, 11) is -1.68. The minimum absolute atomic E-state index is 0.140. The van der Waals surface area contributed by atoms with Gasteiger partial charge in [-0.15, -0.1) is 0 Å². The van der Waals surface area contributed by atoms with Crippen LogP contribution in [0.4, 0.5) is 0 Å². The van der Waals surface area contributed by atoms with E-state index in [0.29, 0.717) is 6.54 Å². The Morgan fingerprint density at radius 2 is 2.32 bits per heavy atom. The number of sulfonamides is 1. The van der Waals surface area contributed by atoms with Gasteiger partial charge in [0.2, 0.25) is 10.0 Å². The zero-order valence-corrected chi connectivity index (χ0v) is 13.2. The molecular formula is C12H18BrN3O2S. The minimum Gasteiger partial charge on any atom is -0.295 e. The summed E-state index contributed by atoms with van der Waals surface area (Å²) < 4.78 is 26.3. The van der Waals surface area contributed by atoms with E-state index in [0.717, 1.165) is 29.4 Å². The molecule has 1 aliphatic rings. The number of pyridine rings is 1. The number of halogens is 1. The zero-order chi connectivity index (χ0) is 13.9. The van der Waals surface area contributed by atoms with Gasteiger partial charge in [-0.3, -0.25) is 9.88 Å². The van der Waals surface area contributed by atoms with E-state index in [9.17, 15) is 8.42 Å². The lowest BCUT2D eigenvalue weighted by Crippen LogP contribution is -2.33. The molecule has 2 heterocycles. The molecule has 1 fully saturated rings. The van der Waals surface area contributed by atoms with E-state index in [2.05, 4.69) is 36.6 Å². The predicted molar refractivity (Wildman–Crippen MR) is 78.3 cm³/mol. The van der Waals surface area contributed by atoms with Gasteiger partial charge in [0.25, 0.3) is 0 Å². The van der Waals surface area contributed by atoms with Crippen LogP contribution in [0, 0.1) is 0 Å². The fraction of sp³-hybridized carbons (Fsp3) is 0.583. The molecule has 0 aromatic carbocycles. The number of likely N-dealkylation sites (tertiary alicyclic amines) is 1. The van der Waals surface area contributed by atoms with Crippen molar-refractivity contribution in [2.75, 3.05) is 25.9 Å². The number of nitrogens with one attached hydrogen (secondary N) is 1. The largest absolute Gasteiger partial charge is 0.295 e. The summed E-state index contributed by atoms with van der Waals surface area (Å²) in [5, 5.41) is 0. The molecule has 0 bridgehead atoms. The van der Waals surface area contributed by atoms with Gasteiger partial charge in [-0.2, -0.15) is 0 Å². The first kappa shape index (κ1) is 14.9. The first-order valence-electron chi connectivity index (χ1n) is 6.27. The van der Waals surface area contributed by atoms with Crippen molar-refractivity contribution >= 4 is 26.0 Å². The van der Waals surface area contributed by atoms with Gasteiger partial charge in [0.15, 0.2) is 0 Å². The third-order valence-corrected chi connectivity index (χ3v) is 5.21. The third-order valence-electron chi connectivity index (χ3n) is 3.43. The van der Waals surface area contributed by atoms with Crippen LogP contribution in [-0.4, -0.2) is 44.2 Å². The molecule has 0 aliphatic carbocycles. The van der Waals surface area contributed by atoms with Crippen LogP contribution >= 0.6 is 15.9 Å². The van der Waals surface area contributed by atoms with Crippen LogP contribution in [0.25, 0.3) is 0 Å². The molecule has 0 spiro atoms. The Balaban J connectivity index is 2.05. The second-order valence-corrected chi connectivity index (χ2v) is 7.62. The number of rotatable bonds is 5. The van der Waals surface area contributed by atoms with Gasteiger partial charge in [0.05, 0.1) is 5.75 Å². The number of hydrogen-bond donors (Lipinski definition) is 1. The van der Waals surface area contributed by atoms with Crippen molar-refractivity contribution in [1.82, 2.24) is 14.6 Å². The normalized spacial score (nSPS) is 20.8. The summed E-state index contributed by atoms with van der Waals surface area (Å²) >= 11 is 3.42. The maximum atomic E-state index is 11.5. The Kier molecular flexibility index (Phi) is 4.94. The van der Waals surface area contributed by atoms with E-state index < -0.39 is 10.0 Å². The second-order valence-electron chi connectivity index (χ2n) is 4.65. The molecule has 7 heteroatoms. The summed E-state index contributed by atoms with van der Waals surface area (Å²) in [5.74, 6) is 0.140. The molecule has 0 radical (unpaired) electrons. The average Bonchev–Trinajstić information content (AvgIpc) is 2.85. The molecule has 1 atom stereocenters. The highest BCUT2D eigenvalue weighted by Crippen LogP contribution is 2.32. The molecular weight excluding hydrogens is 330 g/mol. The Morgan fingerprint density at radius 1 is 1.53 bits per heavy atom. The van der Waals surface area contributed by atoms with Gasteiger partial charge in [0, 0.05) is 29.5 Å². The van der Waals surface area contributed by atoms with E-state index in [1.807, 2.05) is 6.20 Å². The summed E-state index contributed by atoms with van der Waals surface area (Å²) in [6.07, 6.45) is 5.77. The minimum atomic E-state index is -3.14. The Bertz CT molecular complexity index is 536. The van der Waals surface area contributed by atoms with Crippen LogP contribution in [0.1, 0.15) is 24.4 Å². The van der Waals surface area contributed by atoms with Gasteiger partial charge in [-0.1, -0.05) is 0 Å². The molecule has 1 aromatic heterocycles. The van der Waals surface area contributed by atoms with Crippen molar-refractivity contribution in [3.05, 3.63) is 28.5 Å². The van der Waals surface area contributed by atoms with Gasteiger partial charge < -0.3 is 0 Å². The van der Waals surface area contributed by atoms with Crippen molar-refractivity contribution in [1.29, 1.82) is 0 Å². The topological polar surface area (TPSA) is 62.3 Å². The van der Waals surface area contributed by atoms with Crippen molar-refractivity contribution in [3.63, 3.8) is 0 Å². The molecule has 0 saturated carbocycles. The Labute approximate surface area is 122 Å². The van der Waals surface area contributed by atoms with Gasteiger partial charge in [-0.05, 0) is 54.0 Å². The van der Waals surface area contributed by atoms with Crippen LogP contribution in [-0.2, 0) is 10.0 Å². The predicted octanol–water partition coefficient (Wildman–Crippen LogP) is 1.53. The summed E-state index contributed by atoms with van der Waals surface area (Å²) in [4.78, 5) is 6.40. The number of hydrogen-bond acceptors (Lipinski definition) is 4. The fourth-order valence-corrected chi connectivity index (χ4v) is 3.48. The lowest BCUT2D eigenvalue weighted by molar-refractivity contribution is 0.271. The van der Waals surface area contributed by atoms with E-state index in [-0.39, 0.29) is 11.8 Å². The van der Waals surface area contributed by atoms with Crippen LogP contribution in [0.15, 0.2) is 22.9 Å². The highest BCUT2D eigenvalue weighted by Gasteiger charge is 2.27. The van der Waals surface area contributed by atoms with Crippen molar-refractivity contribution in [2.24, 2.45) is 0 Å². The standard InChI is InChI=1S/C12H18BrN3O2S/c1-14-19(17,18)6-5-16-4-2-3-12(16)10-7-11(13)9-15-8-10/h7-9,12,14H,2-6H2,1H3. The van der Waals surface area contributed by atoms with E-state index in [1.165, 1.54) is 7.05 Å². The SMILES string of the molecule is CNS(=O)(=O)CCN1CCCC1c1cncc(Br)c1. The van der Waals surface area contributed by atoms with Gasteiger partial charge in [-0.25, -0.2) is 13.1 Å². The first-order chi connectivity index (χ1) is 9.02. The maximum Gasteiger partial charge on any atom is 0.212 e. The molecule has 106 valence electrons. The van der Waals surface area contributed by atoms with E-state index >= 15 is 0 Å². The van der Waals surface area contributed by atoms with Crippen LogP contribution < -0.4 is 4.72 Å². The summed E-state index contributed by atoms with van der Waals surface area (Å²) in [5.41, 5.74) is 1.15. The Morgan fingerprint density at radius 3 is 3.00 bits per heavy atom. The third kappa shape index (κ3) is 3.98. The molecule has 1 N–H and O–H groups in total. The zero-order valence-electron chi connectivity index (χ0n) is 10.8. The lowest BCUT2D eigenvalue weighted by atomic mass is 10.1. The van der Waals surface area contributed by atoms with Crippen molar-refractivity contribution in [3.8, 4) is 0 Å². The smallest absolute Gasteiger partial charge is 0.212 e. The van der Waals surface area contributed by atoms with Crippen molar-refractivity contribution in [2.45, 2.75) is 18.9 Å². The Hall–Kier alpha value is -0.500. The highest BCUT2D eigenvalue weighted by molar-refractivity contribution is 9.10. The van der Waals surface area contributed by atoms with Gasteiger partial charge >= 0.3 is 0 Å². The van der Waals surface area contributed by atoms with Crippen LogP contribution in [0.5, 0.6) is 0 Å². The average molecular weight is 348 g/mol. The summed E-state index contributed by atoms with van der Waals surface area (Å²) in [6.45, 7) is 1.50. The van der Waals surface area contributed by atoms with Crippen LogP contribution in [0.2, 0.25) is 0 Å². The number of nitrogens with zero attached hydrogens (tertiary/aromatic N) is 2. The molecule has 1 aromatic rings. The van der Waals surface area contributed by atoms with Gasteiger partial charge in [0.1, 0.15) is 0 Å². The molecule has 0 amide bonds. The number of aromatic nitrogens is 1. The fourth-order valence-electron chi connectivity index (χ4n) is 2.42.